The van der Waals surface area contributed by atoms with Crippen molar-refractivity contribution in [2.24, 2.45) is 0 Å². The van der Waals surface area contributed by atoms with E-state index in [1.54, 1.807) is 12.3 Å². The summed E-state index contributed by atoms with van der Waals surface area (Å²) < 4.78 is 15.6. The van der Waals surface area contributed by atoms with Crippen molar-refractivity contribution in [2.75, 3.05) is 13.1 Å². The Morgan fingerprint density at radius 3 is 2.96 bits per heavy atom. The second-order valence-electron chi connectivity index (χ2n) is 6.02. The lowest BCUT2D eigenvalue weighted by Crippen LogP contribution is -2.43. The van der Waals surface area contributed by atoms with Crippen LogP contribution in [0.25, 0.3) is 33.5 Å². The van der Waals surface area contributed by atoms with Gasteiger partial charge in [0.15, 0.2) is 5.65 Å². The first-order chi connectivity index (χ1) is 12.2. The van der Waals surface area contributed by atoms with Crippen LogP contribution in [0.3, 0.4) is 0 Å². The van der Waals surface area contributed by atoms with Crippen molar-refractivity contribution in [2.45, 2.75) is 6.04 Å². The van der Waals surface area contributed by atoms with Crippen LogP contribution in [0, 0.1) is 5.82 Å². The summed E-state index contributed by atoms with van der Waals surface area (Å²) in [5.41, 5.74) is 3.16. The summed E-state index contributed by atoms with van der Waals surface area (Å²) >= 11 is 0. The molecule has 1 aliphatic rings. The minimum absolute atomic E-state index is 0.181. The molecule has 2 N–H and O–H groups in total. The number of aromatic nitrogens is 5. The molecule has 4 aromatic rings. The van der Waals surface area contributed by atoms with Gasteiger partial charge in [-0.15, -0.1) is 0 Å². The van der Waals surface area contributed by atoms with E-state index in [0.717, 1.165) is 24.0 Å². The van der Waals surface area contributed by atoms with Crippen molar-refractivity contribution >= 4 is 28.4 Å². The number of benzene rings is 1. The number of nitrogens with zero attached hydrogens (tertiary/aromatic N) is 4. The van der Waals surface area contributed by atoms with E-state index in [0.29, 0.717) is 28.1 Å². The largest absolute Gasteiger partial charge is 0.344 e. The SMILES string of the molecule is O=[C]c1c[nH]c2ncc(-c3nn(C4CNC4)c4cc(F)ccc34)nc12. The molecule has 0 atom stereocenters. The molecule has 0 spiro atoms. The summed E-state index contributed by atoms with van der Waals surface area (Å²) in [7, 11) is 0. The summed E-state index contributed by atoms with van der Waals surface area (Å²) in [5.74, 6) is -0.308. The zero-order valence-electron chi connectivity index (χ0n) is 13.0. The van der Waals surface area contributed by atoms with E-state index in [4.69, 9.17) is 0 Å². The van der Waals surface area contributed by atoms with Gasteiger partial charge in [0.1, 0.15) is 22.7 Å². The number of halogens is 1. The third-order valence-electron chi connectivity index (χ3n) is 4.51. The molecular formula is C17H12FN6O. The van der Waals surface area contributed by atoms with Crippen molar-refractivity contribution in [3.8, 4) is 11.4 Å². The molecule has 25 heavy (non-hydrogen) atoms. The summed E-state index contributed by atoms with van der Waals surface area (Å²) in [4.78, 5) is 22.8. The van der Waals surface area contributed by atoms with Gasteiger partial charge in [-0.1, -0.05) is 0 Å². The summed E-state index contributed by atoms with van der Waals surface area (Å²) in [6, 6.07) is 4.77. The lowest BCUT2D eigenvalue weighted by Gasteiger charge is -2.27. The van der Waals surface area contributed by atoms with E-state index >= 15 is 0 Å². The Labute approximate surface area is 140 Å². The first kappa shape index (κ1) is 14.2. The maximum absolute atomic E-state index is 13.7. The monoisotopic (exact) mass is 335 g/mol. The molecule has 1 fully saturated rings. The minimum Gasteiger partial charge on any atom is -0.344 e. The average molecular weight is 335 g/mol. The van der Waals surface area contributed by atoms with Crippen LogP contribution >= 0.6 is 0 Å². The van der Waals surface area contributed by atoms with Crippen LogP contribution in [0.4, 0.5) is 4.39 Å². The molecule has 4 heterocycles. The van der Waals surface area contributed by atoms with Crippen LogP contribution in [0.5, 0.6) is 0 Å². The summed E-state index contributed by atoms with van der Waals surface area (Å²) in [6.07, 6.45) is 4.97. The molecule has 0 aliphatic carbocycles. The second-order valence-corrected chi connectivity index (χ2v) is 6.02. The molecule has 1 radical (unpaired) electrons. The number of carbonyl (C=O) groups excluding carboxylic acids is 1. The predicted molar refractivity (Wildman–Crippen MR) is 89.3 cm³/mol. The highest BCUT2D eigenvalue weighted by atomic mass is 19.1. The van der Waals surface area contributed by atoms with Crippen molar-refractivity contribution in [1.29, 1.82) is 0 Å². The van der Waals surface area contributed by atoms with Gasteiger partial charge in [-0.3, -0.25) is 9.48 Å². The molecule has 0 amide bonds. The third kappa shape index (κ3) is 2.07. The number of nitrogens with one attached hydrogen (secondary N) is 2. The quantitative estimate of drug-likeness (QED) is 0.595. The van der Waals surface area contributed by atoms with Gasteiger partial charge in [-0.25, -0.2) is 14.4 Å². The van der Waals surface area contributed by atoms with Crippen molar-refractivity contribution in [1.82, 2.24) is 30.0 Å². The molecule has 0 saturated carbocycles. The smallest absolute Gasteiger partial charge is 0.237 e. The third-order valence-corrected chi connectivity index (χ3v) is 4.51. The van der Waals surface area contributed by atoms with Gasteiger partial charge in [-0.05, 0) is 18.2 Å². The van der Waals surface area contributed by atoms with E-state index in [1.807, 2.05) is 11.0 Å². The van der Waals surface area contributed by atoms with Gasteiger partial charge in [0.05, 0.1) is 23.3 Å². The van der Waals surface area contributed by atoms with Gasteiger partial charge in [0.25, 0.3) is 0 Å². The summed E-state index contributed by atoms with van der Waals surface area (Å²) in [6.45, 7) is 1.58. The highest BCUT2D eigenvalue weighted by Crippen LogP contribution is 2.30. The molecule has 0 bridgehead atoms. The lowest BCUT2D eigenvalue weighted by atomic mass is 10.1. The molecule has 1 aromatic carbocycles. The molecule has 8 heteroatoms. The van der Waals surface area contributed by atoms with E-state index < -0.39 is 0 Å². The molecule has 1 saturated heterocycles. The Balaban J connectivity index is 1.76. The topological polar surface area (TPSA) is 88.5 Å². The van der Waals surface area contributed by atoms with Crippen LogP contribution in [0.1, 0.15) is 11.6 Å². The summed E-state index contributed by atoms with van der Waals surface area (Å²) in [5, 5.41) is 8.66. The normalized spacial score (nSPS) is 14.9. The second kappa shape index (κ2) is 5.18. The molecule has 3 aromatic heterocycles. The fourth-order valence-corrected chi connectivity index (χ4v) is 3.11. The van der Waals surface area contributed by atoms with Crippen LogP contribution in [-0.4, -0.2) is 44.1 Å². The van der Waals surface area contributed by atoms with Gasteiger partial charge in [0.2, 0.25) is 6.29 Å². The minimum atomic E-state index is -0.308. The standard InChI is InChI=1S/C17H12FN6O/c18-10-1-2-12-14(3-10)24(11-5-19-6-11)23-16(12)13-7-21-17-15(22-13)9(8-25)4-20-17/h1-4,7,11,19H,5-6H2,(H,20,21). The Morgan fingerprint density at radius 2 is 2.20 bits per heavy atom. The molecule has 5 rings (SSSR count). The highest BCUT2D eigenvalue weighted by molar-refractivity contribution is 5.96. The van der Waals surface area contributed by atoms with Gasteiger partial charge in [0, 0.05) is 24.7 Å². The zero-order valence-corrected chi connectivity index (χ0v) is 13.0. The van der Waals surface area contributed by atoms with Crippen LogP contribution in [0.2, 0.25) is 0 Å². The van der Waals surface area contributed by atoms with Crippen LogP contribution in [0.15, 0.2) is 30.6 Å². The number of hydrogen-bond acceptors (Lipinski definition) is 5. The van der Waals surface area contributed by atoms with E-state index in [2.05, 4.69) is 25.4 Å². The van der Waals surface area contributed by atoms with Gasteiger partial charge >= 0.3 is 0 Å². The van der Waals surface area contributed by atoms with E-state index in [1.165, 1.54) is 18.3 Å². The number of hydrogen-bond donors (Lipinski definition) is 2. The van der Waals surface area contributed by atoms with Gasteiger partial charge in [-0.2, -0.15) is 5.10 Å². The maximum Gasteiger partial charge on any atom is 0.237 e. The number of rotatable bonds is 3. The van der Waals surface area contributed by atoms with E-state index in [9.17, 15) is 9.18 Å². The van der Waals surface area contributed by atoms with Crippen molar-refractivity contribution < 1.29 is 9.18 Å². The van der Waals surface area contributed by atoms with E-state index in [-0.39, 0.29) is 11.9 Å². The maximum atomic E-state index is 13.7. The molecule has 123 valence electrons. The molecule has 1 aliphatic heterocycles. The zero-order chi connectivity index (χ0) is 17.0. The number of H-pyrrole nitrogens is 1. The van der Waals surface area contributed by atoms with Crippen molar-refractivity contribution in [3.63, 3.8) is 0 Å². The lowest BCUT2D eigenvalue weighted by molar-refractivity contribution is 0.326. The molecule has 7 nitrogen and oxygen atoms in total. The Bertz CT molecular complexity index is 1130. The highest BCUT2D eigenvalue weighted by Gasteiger charge is 2.24. The fourth-order valence-electron chi connectivity index (χ4n) is 3.11. The van der Waals surface area contributed by atoms with Crippen LogP contribution < -0.4 is 5.32 Å². The Hall–Kier alpha value is -3.13. The van der Waals surface area contributed by atoms with Gasteiger partial charge < -0.3 is 10.3 Å². The first-order valence-electron chi connectivity index (χ1n) is 7.86. The Morgan fingerprint density at radius 1 is 1.32 bits per heavy atom. The molecule has 0 unspecified atom stereocenters. The van der Waals surface area contributed by atoms with Crippen LogP contribution in [-0.2, 0) is 4.79 Å². The average Bonchev–Trinajstić information content (AvgIpc) is 3.14. The number of aromatic amines is 1. The Kier molecular flexibility index (Phi) is 2.95. The predicted octanol–water partition coefficient (Wildman–Crippen LogP) is 1.72. The molecular weight excluding hydrogens is 323 g/mol. The number of fused-ring (bicyclic) bond motifs is 2. The van der Waals surface area contributed by atoms with Crippen molar-refractivity contribution in [3.05, 3.63) is 42.0 Å². The first-order valence-corrected chi connectivity index (χ1v) is 7.86. The fraction of sp³-hybridized carbons (Fsp3) is 0.176.